The van der Waals surface area contributed by atoms with Gasteiger partial charge in [-0.1, -0.05) is 0 Å². The molecule has 1 amide bonds. The number of ether oxygens (including phenoxy) is 1. The van der Waals surface area contributed by atoms with E-state index in [-0.39, 0.29) is 30.4 Å². The van der Waals surface area contributed by atoms with Crippen molar-refractivity contribution in [2.45, 2.75) is 51.1 Å². The van der Waals surface area contributed by atoms with Gasteiger partial charge in [-0.05, 0) is 45.4 Å². The second kappa shape index (κ2) is 4.88. The second-order valence-electron chi connectivity index (χ2n) is 5.53. The average molecular weight is 254 g/mol. The van der Waals surface area contributed by atoms with Crippen LogP contribution in [0.3, 0.4) is 0 Å². The standard InChI is InChI=1S/C13H22N2O3/c1-3-18-11(16)8-15(10-6-7-10)12(17)13(2,14)9-4-5-9/h9-10H,3-8,14H2,1-2H3. The first-order chi connectivity index (χ1) is 8.46. The first kappa shape index (κ1) is 13.3. The van der Waals surface area contributed by atoms with Gasteiger partial charge in [0.25, 0.3) is 0 Å². The summed E-state index contributed by atoms with van der Waals surface area (Å²) >= 11 is 0. The summed E-state index contributed by atoms with van der Waals surface area (Å²) in [4.78, 5) is 25.6. The lowest BCUT2D eigenvalue weighted by Gasteiger charge is -2.31. The van der Waals surface area contributed by atoms with Gasteiger partial charge in [-0.3, -0.25) is 9.59 Å². The molecule has 0 heterocycles. The van der Waals surface area contributed by atoms with Crippen LogP contribution in [0.1, 0.15) is 39.5 Å². The molecule has 0 aliphatic heterocycles. The molecule has 2 fully saturated rings. The highest BCUT2D eigenvalue weighted by Crippen LogP contribution is 2.40. The molecule has 1 atom stereocenters. The predicted molar refractivity (Wildman–Crippen MR) is 66.7 cm³/mol. The van der Waals surface area contributed by atoms with E-state index >= 15 is 0 Å². The molecule has 2 rings (SSSR count). The van der Waals surface area contributed by atoms with E-state index in [0.29, 0.717) is 6.61 Å². The van der Waals surface area contributed by atoms with Gasteiger partial charge in [0.1, 0.15) is 6.54 Å². The van der Waals surface area contributed by atoms with Crippen molar-refractivity contribution in [1.82, 2.24) is 4.90 Å². The SMILES string of the molecule is CCOC(=O)CN(C(=O)C(C)(N)C1CC1)C1CC1. The minimum Gasteiger partial charge on any atom is -0.465 e. The van der Waals surface area contributed by atoms with Crippen LogP contribution in [-0.2, 0) is 14.3 Å². The molecular weight excluding hydrogens is 232 g/mol. The molecule has 0 aromatic heterocycles. The van der Waals surface area contributed by atoms with E-state index in [0.717, 1.165) is 25.7 Å². The number of nitrogens with two attached hydrogens (primary N) is 1. The van der Waals surface area contributed by atoms with Crippen LogP contribution in [0.5, 0.6) is 0 Å². The van der Waals surface area contributed by atoms with Gasteiger partial charge < -0.3 is 15.4 Å². The minimum atomic E-state index is -0.824. The van der Waals surface area contributed by atoms with Crippen molar-refractivity contribution in [3.63, 3.8) is 0 Å². The first-order valence-corrected chi connectivity index (χ1v) is 6.72. The number of esters is 1. The first-order valence-electron chi connectivity index (χ1n) is 6.72. The van der Waals surface area contributed by atoms with Gasteiger partial charge in [0.05, 0.1) is 12.1 Å². The number of hydrogen-bond acceptors (Lipinski definition) is 4. The Bertz CT molecular complexity index is 346. The highest BCUT2D eigenvalue weighted by Gasteiger charge is 2.48. The largest absolute Gasteiger partial charge is 0.465 e. The van der Waals surface area contributed by atoms with Gasteiger partial charge in [-0.15, -0.1) is 0 Å². The van der Waals surface area contributed by atoms with E-state index < -0.39 is 5.54 Å². The summed E-state index contributed by atoms with van der Waals surface area (Å²) < 4.78 is 4.92. The van der Waals surface area contributed by atoms with E-state index in [1.807, 2.05) is 0 Å². The van der Waals surface area contributed by atoms with Crippen molar-refractivity contribution in [3.05, 3.63) is 0 Å². The van der Waals surface area contributed by atoms with Crippen LogP contribution < -0.4 is 5.73 Å². The minimum absolute atomic E-state index is 0.0385. The fourth-order valence-corrected chi connectivity index (χ4v) is 2.27. The van der Waals surface area contributed by atoms with Gasteiger partial charge in [-0.2, -0.15) is 0 Å². The number of hydrogen-bond donors (Lipinski definition) is 1. The van der Waals surface area contributed by atoms with Crippen LogP contribution in [0.15, 0.2) is 0 Å². The van der Waals surface area contributed by atoms with Crippen LogP contribution in [-0.4, -0.2) is 41.5 Å². The Morgan fingerprint density at radius 3 is 2.39 bits per heavy atom. The molecule has 0 aromatic rings. The van der Waals surface area contributed by atoms with Gasteiger partial charge in [0, 0.05) is 6.04 Å². The molecule has 18 heavy (non-hydrogen) atoms. The van der Waals surface area contributed by atoms with E-state index in [4.69, 9.17) is 10.5 Å². The fraction of sp³-hybridized carbons (Fsp3) is 0.846. The van der Waals surface area contributed by atoms with E-state index in [1.54, 1.807) is 18.7 Å². The third kappa shape index (κ3) is 2.83. The van der Waals surface area contributed by atoms with Gasteiger partial charge >= 0.3 is 5.97 Å². The molecule has 0 bridgehead atoms. The molecule has 0 aromatic carbocycles. The Hall–Kier alpha value is -1.10. The Labute approximate surface area is 108 Å². The lowest BCUT2D eigenvalue weighted by molar-refractivity contribution is -0.151. The van der Waals surface area contributed by atoms with E-state index in [1.165, 1.54) is 0 Å². The molecule has 2 aliphatic carbocycles. The molecule has 102 valence electrons. The summed E-state index contributed by atoms with van der Waals surface area (Å²) in [6.07, 6.45) is 3.95. The maximum atomic E-state index is 12.5. The molecule has 0 spiro atoms. The predicted octanol–water partition coefficient (Wildman–Crippen LogP) is 0.668. The molecule has 0 radical (unpaired) electrons. The molecular formula is C13H22N2O3. The summed E-state index contributed by atoms with van der Waals surface area (Å²) in [7, 11) is 0. The number of rotatable bonds is 6. The molecule has 2 saturated carbocycles. The summed E-state index contributed by atoms with van der Waals surface area (Å²) in [6.45, 7) is 3.93. The van der Waals surface area contributed by atoms with Crippen molar-refractivity contribution < 1.29 is 14.3 Å². The maximum Gasteiger partial charge on any atom is 0.325 e. The molecule has 2 N–H and O–H groups in total. The second-order valence-corrected chi connectivity index (χ2v) is 5.53. The summed E-state index contributed by atoms with van der Waals surface area (Å²) in [5, 5.41) is 0. The van der Waals surface area contributed by atoms with Gasteiger partial charge in [-0.25, -0.2) is 0 Å². The quantitative estimate of drug-likeness (QED) is 0.707. The summed E-state index contributed by atoms with van der Waals surface area (Å²) in [6, 6.07) is 0.184. The zero-order chi connectivity index (χ0) is 13.3. The molecule has 1 unspecified atom stereocenters. The summed E-state index contributed by atoms with van der Waals surface area (Å²) in [5.41, 5.74) is 5.31. The van der Waals surface area contributed by atoms with Crippen LogP contribution in [0.4, 0.5) is 0 Å². The van der Waals surface area contributed by atoms with Crippen molar-refractivity contribution in [1.29, 1.82) is 0 Å². The molecule has 0 saturated heterocycles. The maximum absolute atomic E-state index is 12.5. The molecule has 2 aliphatic rings. The molecule has 5 nitrogen and oxygen atoms in total. The van der Waals surface area contributed by atoms with Crippen LogP contribution in [0, 0.1) is 5.92 Å². The lowest BCUT2D eigenvalue weighted by Crippen LogP contribution is -2.56. The zero-order valence-corrected chi connectivity index (χ0v) is 11.1. The van der Waals surface area contributed by atoms with Crippen molar-refractivity contribution in [3.8, 4) is 0 Å². The Morgan fingerprint density at radius 2 is 1.94 bits per heavy atom. The average Bonchev–Trinajstić information content (AvgIpc) is 3.18. The smallest absolute Gasteiger partial charge is 0.325 e. The highest BCUT2D eigenvalue weighted by atomic mass is 16.5. The fourth-order valence-electron chi connectivity index (χ4n) is 2.27. The summed E-state index contributed by atoms with van der Waals surface area (Å²) in [5.74, 6) is -0.168. The highest BCUT2D eigenvalue weighted by molar-refractivity contribution is 5.89. The Morgan fingerprint density at radius 1 is 1.33 bits per heavy atom. The normalized spacial score (nSPS) is 22.2. The van der Waals surface area contributed by atoms with Gasteiger partial charge in [0.2, 0.25) is 5.91 Å². The number of amides is 1. The number of nitrogens with zero attached hydrogens (tertiary/aromatic N) is 1. The van der Waals surface area contributed by atoms with Crippen molar-refractivity contribution >= 4 is 11.9 Å². The monoisotopic (exact) mass is 254 g/mol. The third-order valence-corrected chi connectivity index (χ3v) is 3.74. The third-order valence-electron chi connectivity index (χ3n) is 3.74. The number of carbonyl (C=O) groups excluding carboxylic acids is 2. The number of carbonyl (C=O) groups is 2. The van der Waals surface area contributed by atoms with Crippen LogP contribution in [0.25, 0.3) is 0 Å². The lowest BCUT2D eigenvalue weighted by atomic mass is 9.95. The zero-order valence-electron chi connectivity index (χ0n) is 11.1. The van der Waals surface area contributed by atoms with E-state index in [9.17, 15) is 9.59 Å². The topological polar surface area (TPSA) is 72.6 Å². The molecule has 5 heteroatoms. The van der Waals surface area contributed by atoms with E-state index in [2.05, 4.69) is 0 Å². The van der Waals surface area contributed by atoms with Crippen LogP contribution >= 0.6 is 0 Å². The van der Waals surface area contributed by atoms with Crippen molar-refractivity contribution in [2.75, 3.05) is 13.2 Å². The van der Waals surface area contributed by atoms with Gasteiger partial charge in [0.15, 0.2) is 0 Å². The Balaban J connectivity index is 2.00. The Kier molecular flexibility index (Phi) is 3.61. The van der Waals surface area contributed by atoms with Crippen molar-refractivity contribution in [2.24, 2.45) is 11.7 Å². The van der Waals surface area contributed by atoms with Crippen LogP contribution in [0.2, 0.25) is 0 Å².